The summed E-state index contributed by atoms with van der Waals surface area (Å²) < 4.78 is 22.1. The second-order valence-corrected chi connectivity index (χ2v) is 4.85. The molecule has 0 bridgehead atoms. The SMILES string of the molecule is N#Cc1cccc(C#N)c1S(=O)(=O)Cl. The molecule has 4 nitrogen and oxygen atoms in total. The highest BCUT2D eigenvalue weighted by atomic mass is 35.7. The van der Waals surface area contributed by atoms with Gasteiger partial charge in [0.15, 0.2) is 0 Å². The van der Waals surface area contributed by atoms with Crippen LogP contribution in [0.2, 0.25) is 0 Å². The van der Waals surface area contributed by atoms with Crippen LogP contribution in [0, 0.1) is 22.7 Å². The third kappa shape index (κ3) is 1.85. The molecule has 0 radical (unpaired) electrons. The van der Waals surface area contributed by atoms with Crippen LogP contribution in [0.5, 0.6) is 0 Å². The van der Waals surface area contributed by atoms with Crippen LogP contribution in [0.1, 0.15) is 11.1 Å². The summed E-state index contributed by atoms with van der Waals surface area (Å²) in [6.07, 6.45) is 0. The van der Waals surface area contributed by atoms with Crippen molar-refractivity contribution in [2.45, 2.75) is 4.90 Å². The molecule has 0 spiro atoms. The minimum atomic E-state index is -4.06. The molecule has 1 rings (SSSR count). The maximum atomic E-state index is 11.1. The molecule has 0 atom stereocenters. The van der Waals surface area contributed by atoms with E-state index in [0.29, 0.717) is 0 Å². The van der Waals surface area contributed by atoms with Gasteiger partial charge in [-0.1, -0.05) is 6.07 Å². The predicted molar refractivity (Wildman–Crippen MR) is 48.9 cm³/mol. The highest BCUT2D eigenvalue weighted by Crippen LogP contribution is 2.23. The van der Waals surface area contributed by atoms with E-state index < -0.39 is 13.9 Å². The summed E-state index contributed by atoms with van der Waals surface area (Å²) in [6, 6.07) is 7.32. The lowest BCUT2D eigenvalue weighted by molar-refractivity contribution is 0.609. The van der Waals surface area contributed by atoms with E-state index in [0.717, 1.165) is 0 Å². The highest BCUT2D eigenvalue weighted by Gasteiger charge is 2.20. The Kier molecular flexibility index (Phi) is 2.76. The Morgan fingerprint density at radius 1 is 1.14 bits per heavy atom. The number of rotatable bonds is 1. The summed E-state index contributed by atoms with van der Waals surface area (Å²) in [4.78, 5) is -0.424. The molecule has 1 aromatic carbocycles. The summed E-state index contributed by atoms with van der Waals surface area (Å²) in [7, 11) is 1.04. The average Bonchev–Trinajstić information content (AvgIpc) is 2.15. The number of benzene rings is 1. The molecule has 0 amide bonds. The van der Waals surface area contributed by atoms with Gasteiger partial charge in [0.1, 0.15) is 17.0 Å². The summed E-state index contributed by atoms with van der Waals surface area (Å²) >= 11 is 0. The number of halogens is 1. The van der Waals surface area contributed by atoms with E-state index in [2.05, 4.69) is 0 Å². The van der Waals surface area contributed by atoms with Crippen LogP contribution in [-0.2, 0) is 9.05 Å². The Bertz CT molecular complexity index is 519. The van der Waals surface area contributed by atoms with E-state index in [9.17, 15) is 8.42 Å². The van der Waals surface area contributed by atoms with Gasteiger partial charge in [-0.3, -0.25) is 0 Å². The minimum Gasteiger partial charge on any atom is -0.207 e. The van der Waals surface area contributed by atoms with Crippen molar-refractivity contribution < 1.29 is 8.42 Å². The van der Waals surface area contributed by atoms with Gasteiger partial charge in [0.2, 0.25) is 0 Å². The maximum Gasteiger partial charge on any atom is 0.263 e. The molecule has 14 heavy (non-hydrogen) atoms. The fraction of sp³-hybridized carbons (Fsp3) is 0. The second-order valence-electron chi connectivity index (χ2n) is 2.34. The Labute approximate surface area is 85.4 Å². The fourth-order valence-corrected chi connectivity index (χ4v) is 2.23. The smallest absolute Gasteiger partial charge is 0.207 e. The normalized spacial score (nSPS) is 10.2. The maximum absolute atomic E-state index is 11.1. The van der Waals surface area contributed by atoms with Gasteiger partial charge in [-0.2, -0.15) is 10.5 Å². The monoisotopic (exact) mass is 226 g/mol. The zero-order valence-corrected chi connectivity index (χ0v) is 8.30. The lowest BCUT2D eigenvalue weighted by Gasteiger charge is -2.00. The molecule has 0 aliphatic rings. The lowest BCUT2D eigenvalue weighted by atomic mass is 10.1. The van der Waals surface area contributed by atoms with E-state index in [4.69, 9.17) is 21.2 Å². The molecule has 0 heterocycles. The van der Waals surface area contributed by atoms with Gasteiger partial charge in [0, 0.05) is 10.7 Å². The Hall–Kier alpha value is -1.56. The minimum absolute atomic E-state index is 0.126. The van der Waals surface area contributed by atoms with Crippen molar-refractivity contribution in [3.8, 4) is 12.1 Å². The number of nitrogens with zero attached hydrogens (tertiary/aromatic N) is 2. The summed E-state index contributed by atoms with van der Waals surface area (Å²) in [5.74, 6) is 0. The molecule has 1 aromatic rings. The molecule has 0 saturated carbocycles. The molecule has 0 aliphatic heterocycles. The molecule has 70 valence electrons. The van der Waals surface area contributed by atoms with Crippen LogP contribution >= 0.6 is 10.7 Å². The van der Waals surface area contributed by atoms with Gasteiger partial charge in [0.05, 0.1) is 11.1 Å². The molecule has 0 N–H and O–H groups in total. The van der Waals surface area contributed by atoms with Crippen molar-refractivity contribution >= 4 is 19.7 Å². The topological polar surface area (TPSA) is 81.7 Å². The third-order valence-electron chi connectivity index (χ3n) is 1.50. The van der Waals surface area contributed by atoms with Crippen LogP contribution in [0.15, 0.2) is 23.1 Å². The van der Waals surface area contributed by atoms with Crippen molar-refractivity contribution in [1.82, 2.24) is 0 Å². The Morgan fingerprint density at radius 3 is 1.86 bits per heavy atom. The Balaban J connectivity index is 3.72. The fourth-order valence-electron chi connectivity index (χ4n) is 0.976. The molecular formula is C8H3ClN2O2S. The summed E-state index contributed by atoms with van der Waals surface area (Å²) in [6.45, 7) is 0. The number of hydrogen-bond acceptors (Lipinski definition) is 4. The van der Waals surface area contributed by atoms with Gasteiger partial charge in [-0.15, -0.1) is 0 Å². The summed E-state index contributed by atoms with van der Waals surface area (Å²) in [5.41, 5.74) is -0.252. The molecule has 0 saturated heterocycles. The van der Waals surface area contributed by atoms with Crippen molar-refractivity contribution in [3.05, 3.63) is 29.3 Å². The number of hydrogen-bond donors (Lipinski definition) is 0. The van der Waals surface area contributed by atoms with E-state index in [1.807, 2.05) is 0 Å². The van der Waals surface area contributed by atoms with Crippen LogP contribution in [-0.4, -0.2) is 8.42 Å². The zero-order chi connectivity index (χ0) is 10.8. The van der Waals surface area contributed by atoms with Crippen LogP contribution in [0.3, 0.4) is 0 Å². The van der Waals surface area contributed by atoms with Crippen molar-refractivity contribution in [1.29, 1.82) is 10.5 Å². The first-order valence-corrected chi connectivity index (χ1v) is 5.69. The second kappa shape index (κ2) is 3.67. The predicted octanol–water partition coefficient (Wildman–Crippen LogP) is 1.36. The third-order valence-corrected chi connectivity index (χ3v) is 2.89. The van der Waals surface area contributed by atoms with Gasteiger partial charge >= 0.3 is 0 Å². The Morgan fingerprint density at radius 2 is 1.57 bits per heavy atom. The standard InChI is InChI=1S/C8H3ClN2O2S/c9-14(12,13)8-6(4-10)2-1-3-7(8)5-11/h1-3H. The van der Waals surface area contributed by atoms with Crippen LogP contribution in [0.25, 0.3) is 0 Å². The van der Waals surface area contributed by atoms with Crippen molar-refractivity contribution in [3.63, 3.8) is 0 Å². The van der Waals surface area contributed by atoms with E-state index in [-0.39, 0.29) is 11.1 Å². The average molecular weight is 227 g/mol. The largest absolute Gasteiger partial charge is 0.263 e. The van der Waals surface area contributed by atoms with Gasteiger partial charge in [-0.05, 0) is 12.1 Å². The lowest BCUT2D eigenvalue weighted by Crippen LogP contribution is -1.98. The zero-order valence-electron chi connectivity index (χ0n) is 6.73. The van der Waals surface area contributed by atoms with E-state index >= 15 is 0 Å². The van der Waals surface area contributed by atoms with Gasteiger partial charge in [-0.25, -0.2) is 8.42 Å². The first-order chi connectivity index (χ1) is 6.50. The molecule has 0 aromatic heterocycles. The first kappa shape index (κ1) is 10.5. The van der Waals surface area contributed by atoms with Crippen molar-refractivity contribution in [2.24, 2.45) is 0 Å². The van der Waals surface area contributed by atoms with Gasteiger partial charge in [0.25, 0.3) is 9.05 Å². The quantitative estimate of drug-likeness (QED) is 0.677. The van der Waals surface area contributed by atoms with Gasteiger partial charge < -0.3 is 0 Å². The molecule has 6 heteroatoms. The highest BCUT2D eigenvalue weighted by molar-refractivity contribution is 8.13. The number of nitriles is 2. The molecular weight excluding hydrogens is 224 g/mol. The van der Waals surface area contributed by atoms with Crippen LogP contribution < -0.4 is 0 Å². The molecule has 0 aliphatic carbocycles. The first-order valence-electron chi connectivity index (χ1n) is 3.38. The van der Waals surface area contributed by atoms with Crippen LogP contribution in [0.4, 0.5) is 0 Å². The van der Waals surface area contributed by atoms with E-state index in [1.165, 1.54) is 18.2 Å². The van der Waals surface area contributed by atoms with Crippen molar-refractivity contribution in [2.75, 3.05) is 0 Å². The molecule has 0 fully saturated rings. The van der Waals surface area contributed by atoms with E-state index in [1.54, 1.807) is 12.1 Å². The summed E-state index contributed by atoms with van der Waals surface area (Å²) in [5, 5.41) is 17.2. The molecule has 0 unspecified atom stereocenters.